The summed E-state index contributed by atoms with van der Waals surface area (Å²) in [6.45, 7) is -0.116. The number of rotatable bonds is 7. The van der Waals surface area contributed by atoms with Gasteiger partial charge in [-0.05, 0) is 26.0 Å². The average Bonchev–Trinajstić information content (AvgIpc) is 3.13. The van der Waals surface area contributed by atoms with Crippen LogP contribution in [0, 0.1) is 13.8 Å². The predicted octanol–water partition coefficient (Wildman–Crippen LogP) is 2.07. The molecule has 0 unspecified atom stereocenters. The zero-order valence-electron chi connectivity index (χ0n) is 15.6. The highest BCUT2D eigenvalue weighted by Crippen LogP contribution is 2.25. The highest BCUT2D eigenvalue weighted by molar-refractivity contribution is 5.94. The number of benzene rings is 1. The number of nitrogens with one attached hydrogen (secondary N) is 1. The van der Waals surface area contributed by atoms with Crippen molar-refractivity contribution in [1.82, 2.24) is 19.6 Å². The van der Waals surface area contributed by atoms with Crippen LogP contribution >= 0.6 is 0 Å². The van der Waals surface area contributed by atoms with Crippen LogP contribution in [0.3, 0.4) is 0 Å². The van der Waals surface area contributed by atoms with E-state index in [2.05, 4.69) is 25.1 Å². The summed E-state index contributed by atoms with van der Waals surface area (Å²) in [5.41, 5.74) is 1.94. The molecule has 9 nitrogen and oxygen atoms in total. The summed E-state index contributed by atoms with van der Waals surface area (Å²) in [5.74, 6) is -1.12. The predicted molar refractivity (Wildman–Crippen MR) is 96.6 cm³/mol. The van der Waals surface area contributed by atoms with Crippen molar-refractivity contribution in [2.75, 3.05) is 11.9 Å². The first-order valence-electron chi connectivity index (χ1n) is 8.50. The van der Waals surface area contributed by atoms with Gasteiger partial charge in [0.05, 0.1) is 12.1 Å². The molecule has 152 valence electrons. The number of hydrogen-bond donors (Lipinski definition) is 1. The number of esters is 1. The first kappa shape index (κ1) is 20.1. The molecule has 0 saturated carbocycles. The molecule has 3 rings (SSSR count). The summed E-state index contributed by atoms with van der Waals surface area (Å²) >= 11 is 0. The Morgan fingerprint density at radius 3 is 2.76 bits per heavy atom. The third-order valence-electron chi connectivity index (χ3n) is 4.05. The van der Waals surface area contributed by atoms with Crippen molar-refractivity contribution in [3.8, 4) is 5.75 Å². The van der Waals surface area contributed by atoms with Gasteiger partial charge in [0.25, 0.3) is 11.7 Å². The number of para-hydroxylation sites is 2. The summed E-state index contributed by atoms with van der Waals surface area (Å²) in [6, 6.07) is 5.70. The van der Waals surface area contributed by atoms with Gasteiger partial charge in [0.15, 0.2) is 6.61 Å². The van der Waals surface area contributed by atoms with E-state index >= 15 is 0 Å². The first-order chi connectivity index (χ1) is 13.8. The maximum absolute atomic E-state index is 12.4. The molecule has 0 radical (unpaired) electrons. The fraction of sp³-hybridized carbons (Fsp3) is 0.278. The number of halogens is 2. The molecule has 11 heteroatoms. The van der Waals surface area contributed by atoms with Crippen molar-refractivity contribution in [3.63, 3.8) is 0 Å². The van der Waals surface area contributed by atoms with Gasteiger partial charge in [-0.3, -0.25) is 9.59 Å². The number of carbonyl (C=O) groups is 2. The Labute approximate surface area is 163 Å². The van der Waals surface area contributed by atoms with E-state index in [4.69, 9.17) is 4.74 Å². The Bertz CT molecular complexity index is 1050. The summed E-state index contributed by atoms with van der Waals surface area (Å²) in [5, 5.41) is 6.41. The quantitative estimate of drug-likeness (QED) is 0.600. The topological polar surface area (TPSA) is 108 Å². The van der Waals surface area contributed by atoms with Crippen molar-refractivity contribution in [1.29, 1.82) is 0 Å². The van der Waals surface area contributed by atoms with E-state index in [0.29, 0.717) is 22.7 Å². The van der Waals surface area contributed by atoms with Crippen LogP contribution in [0.1, 0.15) is 17.0 Å². The molecule has 29 heavy (non-hydrogen) atoms. The average molecular weight is 405 g/mol. The van der Waals surface area contributed by atoms with Gasteiger partial charge in [-0.25, -0.2) is 9.50 Å². The van der Waals surface area contributed by atoms with Crippen LogP contribution in [-0.4, -0.2) is 44.7 Å². The lowest BCUT2D eigenvalue weighted by Crippen LogP contribution is -2.23. The minimum Gasteiger partial charge on any atom is -0.455 e. The van der Waals surface area contributed by atoms with Crippen molar-refractivity contribution in [2.24, 2.45) is 0 Å². The summed E-state index contributed by atoms with van der Waals surface area (Å²) in [4.78, 5) is 32.4. The number of alkyl halides is 2. The van der Waals surface area contributed by atoms with Crippen LogP contribution in [0.4, 0.5) is 14.5 Å². The second-order valence-corrected chi connectivity index (χ2v) is 5.99. The Morgan fingerprint density at radius 1 is 1.24 bits per heavy atom. The number of hydrogen-bond acceptors (Lipinski definition) is 7. The maximum Gasteiger partial charge on any atom is 0.387 e. The van der Waals surface area contributed by atoms with E-state index in [0.717, 1.165) is 0 Å². The number of amides is 1. The molecule has 1 N–H and O–H groups in total. The van der Waals surface area contributed by atoms with Gasteiger partial charge in [0.1, 0.15) is 12.1 Å². The number of aromatic nitrogens is 4. The van der Waals surface area contributed by atoms with E-state index < -0.39 is 25.1 Å². The van der Waals surface area contributed by atoms with Gasteiger partial charge in [0, 0.05) is 17.0 Å². The smallest absolute Gasteiger partial charge is 0.387 e. The molecule has 0 aliphatic rings. The molecular weight excluding hydrogens is 388 g/mol. The fourth-order valence-corrected chi connectivity index (χ4v) is 2.71. The lowest BCUT2D eigenvalue weighted by molar-refractivity contribution is -0.146. The highest BCUT2D eigenvalue weighted by Gasteiger charge is 2.17. The largest absolute Gasteiger partial charge is 0.455 e. The molecule has 0 bridgehead atoms. The van der Waals surface area contributed by atoms with Gasteiger partial charge >= 0.3 is 12.6 Å². The minimum atomic E-state index is -3.03. The van der Waals surface area contributed by atoms with Crippen LogP contribution in [0.5, 0.6) is 5.75 Å². The molecular formula is C18H17F2N5O4. The third-order valence-corrected chi connectivity index (χ3v) is 4.05. The van der Waals surface area contributed by atoms with E-state index in [1.165, 1.54) is 29.0 Å². The number of carbonyl (C=O) groups excluding carboxylic acids is 2. The van der Waals surface area contributed by atoms with Crippen molar-refractivity contribution in [2.45, 2.75) is 26.9 Å². The van der Waals surface area contributed by atoms with Gasteiger partial charge < -0.3 is 14.8 Å². The number of nitrogens with zero attached hydrogens (tertiary/aromatic N) is 4. The molecule has 1 aromatic carbocycles. The molecule has 0 spiro atoms. The van der Waals surface area contributed by atoms with Crippen LogP contribution in [0.15, 0.2) is 30.6 Å². The second-order valence-electron chi connectivity index (χ2n) is 5.99. The molecule has 0 fully saturated rings. The fourth-order valence-electron chi connectivity index (χ4n) is 2.71. The molecule has 0 aliphatic carbocycles. The Morgan fingerprint density at radius 2 is 2.00 bits per heavy atom. The van der Waals surface area contributed by atoms with E-state index in [1.807, 2.05) is 0 Å². The number of fused-ring (bicyclic) bond motifs is 1. The van der Waals surface area contributed by atoms with Crippen LogP contribution in [0.25, 0.3) is 5.78 Å². The van der Waals surface area contributed by atoms with Crippen molar-refractivity contribution < 1.29 is 27.8 Å². The van der Waals surface area contributed by atoms with E-state index in [-0.39, 0.29) is 17.9 Å². The maximum atomic E-state index is 12.4. The summed E-state index contributed by atoms with van der Waals surface area (Å²) in [6.07, 6.45) is 1.25. The number of anilines is 1. The molecule has 3 aromatic rings. The van der Waals surface area contributed by atoms with Gasteiger partial charge in [-0.1, -0.05) is 12.1 Å². The molecule has 2 aromatic heterocycles. The number of ether oxygens (including phenoxy) is 2. The van der Waals surface area contributed by atoms with Gasteiger partial charge in [0.2, 0.25) is 0 Å². The highest BCUT2D eigenvalue weighted by atomic mass is 19.3. The Kier molecular flexibility index (Phi) is 5.96. The third kappa shape index (κ3) is 4.81. The molecule has 0 saturated heterocycles. The normalized spacial score (nSPS) is 10.9. The molecule has 0 aliphatic heterocycles. The SMILES string of the molecule is Cc1nc2ncnn2c(C)c1CC(=O)OCC(=O)Nc1ccccc1OC(F)F. The van der Waals surface area contributed by atoms with Crippen molar-refractivity contribution >= 4 is 23.3 Å². The molecule has 2 heterocycles. The standard InChI is InChI=1S/C18H17F2N5O4/c1-10-12(11(2)25-18(23-10)21-9-22-25)7-16(27)28-8-15(26)24-13-5-3-4-6-14(13)29-17(19)20/h3-6,9,17H,7-8H2,1-2H3,(H,24,26). The lowest BCUT2D eigenvalue weighted by Gasteiger charge is -2.12. The summed E-state index contributed by atoms with van der Waals surface area (Å²) in [7, 11) is 0. The van der Waals surface area contributed by atoms with Crippen LogP contribution < -0.4 is 10.1 Å². The lowest BCUT2D eigenvalue weighted by atomic mass is 10.1. The van der Waals surface area contributed by atoms with Gasteiger partial charge in [-0.15, -0.1) is 0 Å². The van der Waals surface area contributed by atoms with E-state index in [9.17, 15) is 18.4 Å². The minimum absolute atomic E-state index is 0.0429. The van der Waals surface area contributed by atoms with E-state index in [1.54, 1.807) is 19.9 Å². The zero-order chi connectivity index (χ0) is 21.0. The van der Waals surface area contributed by atoms with Gasteiger partial charge in [-0.2, -0.15) is 18.9 Å². The summed E-state index contributed by atoms with van der Waals surface area (Å²) < 4.78 is 35.7. The zero-order valence-corrected chi connectivity index (χ0v) is 15.6. The Hall–Kier alpha value is -3.63. The molecule has 1 amide bonds. The van der Waals surface area contributed by atoms with Crippen LogP contribution in [-0.2, 0) is 20.7 Å². The van der Waals surface area contributed by atoms with Crippen LogP contribution in [0.2, 0.25) is 0 Å². The monoisotopic (exact) mass is 405 g/mol. The van der Waals surface area contributed by atoms with Crippen molar-refractivity contribution in [3.05, 3.63) is 47.5 Å². The Balaban J connectivity index is 1.60. The number of aryl methyl sites for hydroxylation is 2. The second kappa shape index (κ2) is 8.59. The molecule has 0 atom stereocenters. The first-order valence-corrected chi connectivity index (χ1v) is 8.50.